The summed E-state index contributed by atoms with van der Waals surface area (Å²) >= 11 is 3.57. The fourth-order valence-corrected chi connectivity index (χ4v) is 13.5. The summed E-state index contributed by atoms with van der Waals surface area (Å²) in [5.74, 6) is 3.95. The molecule has 6 aromatic heterocycles. The van der Waals surface area contributed by atoms with Crippen LogP contribution in [0.15, 0.2) is 320 Å². The molecule has 452 valence electrons. The predicted molar refractivity (Wildman–Crippen MR) is 393 cm³/mol. The van der Waals surface area contributed by atoms with E-state index in [-0.39, 0.29) is 0 Å². The lowest BCUT2D eigenvalue weighted by molar-refractivity contribution is 1.07. The first-order chi connectivity index (χ1) is 46.8. The minimum atomic E-state index is 0.640. The molecule has 18 rings (SSSR count). The molecule has 18 aromatic rings. The van der Waals surface area contributed by atoms with Gasteiger partial charge in [-0.1, -0.05) is 234 Å². The summed E-state index contributed by atoms with van der Waals surface area (Å²) in [7, 11) is 0. The standard InChI is InChI=1S/C42H29N5.C22H16BrN3.C20H14N2/c1-28-25-32(42-44-40(30-13-5-2-6-14-30)43-41(45-42)31-15-7-3-8-16-31)27-34(26-28)47-37-20-12-11-19-35(37)36-22-21-29-23-24-46(38(29)39(36)47)33-17-9-4-10-18-33;1-15-12-18(14-19(23)13-15)22-25-20(16-8-4-2-5-9-16)24-21(26-22)17-10-6-3-7-11-17;1-2-6-15(7-3-1)22-13-12-14-10-11-17-16-8-4-5-9-18(16)21-19(17)20(14)22/h2-27H,1H3;2-14H,1H3;1-13,21H. The molecular weight excluding hydrogens is 1230 g/mol. The molecule has 12 aromatic carbocycles. The van der Waals surface area contributed by atoms with Gasteiger partial charge in [0, 0.05) is 105 Å². The molecule has 0 saturated carbocycles. The normalized spacial score (nSPS) is 11.3. The van der Waals surface area contributed by atoms with Crippen LogP contribution >= 0.6 is 15.9 Å². The molecule has 0 fully saturated rings. The number of H-pyrrole nitrogens is 1. The number of hydrogen-bond donors (Lipinski definition) is 1. The summed E-state index contributed by atoms with van der Waals surface area (Å²) in [4.78, 5) is 32.8. The largest absolute Gasteiger partial charge is 0.353 e. The summed E-state index contributed by atoms with van der Waals surface area (Å²) < 4.78 is 7.97. The van der Waals surface area contributed by atoms with Crippen molar-refractivity contribution in [3.8, 4) is 85.4 Å². The third-order valence-electron chi connectivity index (χ3n) is 17.2. The van der Waals surface area contributed by atoms with Crippen molar-refractivity contribution in [2.75, 3.05) is 0 Å². The average Bonchev–Trinajstić information content (AvgIpc) is 1.57. The number of aromatic amines is 1. The third-order valence-corrected chi connectivity index (χ3v) is 17.6. The van der Waals surface area contributed by atoms with Gasteiger partial charge >= 0.3 is 0 Å². The van der Waals surface area contributed by atoms with Crippen molar-refractivity contribution in [3.63, 3.8) is 0 Å². The van der Waals surface area contributed by atoms with Gasteiger partial charge in [-0.05, 0) is 110 Å². The first kappa shape index (κ1) is 57.9. The second-order valence-electron chi connectivity index (χ2n) is 23.5. The quantitative estimate of drug-likeness (QED) is 0.154. The molecule has 0 radical (unpaired) electrons. The van der Waals surface area contributed by atoms with Gasteiger partial charge in [-0.3, -0.25) is 0 Å². The van der Waals surface area contributed by atoms with E-state index < -0.39 is 0 Å². The SMILES string of the molecule is Cc1cc(-c2nc(-c3ccccc3)nc(-c3ccccc3)n2)cc(-n2c3ccccc3c3ccc4ccn(-c5ccccc5)c4c32)c1.Cc1cc(Br)cc(-c2nc(-c3ccccc3)nc(-c3ccccc3)n2)c1.c1ccc(-n2ccc3ccc4c5ccccc5[nH]c4c32)cc1. The van der Waals surface area contributed by atoms with Crippen LogP contribution in [0.3, 0.4) is 0 Å². The van der Waals surface area contributed by atoms with Crippen molar-refractivity contribution < 1.29 is 0 Å². The Morgan fingerprint density at radius 3 is 1.20 bits per heavy atom. The van der Waals surface area contributed by atoms with Crippen LogP contribution in [0.1, 0.15) is 11.1 Å². The summed E-state index contributed by atoms with van der Waals surface area (Å²) in [5, 5.41) is 7.42. The second kappa shape index (κ2) is 25.1. The van der Waals surface area contributed by atoms with Crippen LogP contribution in [-0.2, 0) is 0 Å². The molecule has 0 aliphatic rings. The average molecular weight is 1290 g/mol. The maximum Gasteiger partial charge on any atom is 0.164 e. The molecule has 95 heavy (non-hydrogen) atoms. The molecule has 0 aliphatic heterocycles. The zero-order chi connectivity index (χ0) is 63.8. The van der Waals surface area contributed by atoms with E-state index in [1.54, 1.807) is 0 Å². The van der Waals surface area contributed by atoms with E-state index in [2.05, 4.69) is 231 Å². The number of rotatable bonds is 9. The minimum Gasteiger partial charge on any atom is -0.353 e. The van der Waals surface area contributed by atoms with E-state index in [4.69, 9.17) is 29.9 Å². The Morgan fingerprint density at radius 1 is 0.295 bits per heavy atom. The number of nitrogens with one attached hydrogen (secondary N) is 1. The van der Waals surface area contributed by atoms with Gasteiger partial charge in [0.2, 0.25) is 0 Å². The number of fused-ring (bicyclic) bond motifs is 10. The minimum absolute atomic E-state index is 0.640. The smallest absolute Gasteiger partial charge is 0.164 e. The van der Waals surface area contributed by atoms with Crippen LogP contribution in [0.5, 0.6) is 0 Å². The Bertz CT molecular complexity index is 5670. The Hall–Kier alpha value is -12.2. The van der Waals surface area contributed by atoms with E-state index in [0.29, 0.717) is 34.9 Å². The van der Waals surface area contributed by atoms with Crippen LogP contribution in [0.25, 0.3) is 151 Å². The topological polar surface area (TPSA) is 108 Å². The summed E-state index contributed by atoms with van der Waals surface area (Å²) in [6, 6.07) is 105. The van der Waals surface area contributed by atoms with E-state index in [0.717, 1.165) is 65.9 Å². The Kier molecular flexibility index (Phi) is 15.3. The lowest BCUT2D eigenvalue weighted by Gasteiger charge is -2.14. The van der Waals surface area contributed by atoms with Gasteiger partial charge in [0.25, 0.3) is 0 Å². The number of aryl methyl sites for hydroxylation is 2. The zero-order valence-electron chi connectivity index (χ0n) is 51.9. The van der Waals surface area contributed by atoms with Crippen LogP contribution in [0.4, 0.5) is 0 Å². The van der Waals surface area contributed by atoms with E-state index in [9.17, 15) is 0 Å². The molecule has 1 N–H and O–H groups in total. The summed E-state index contributed by atoms with van der Waals surface area (Å²) in [6.45, 7) is 4.20. The molecule has 6 heterocycles. The number of para-hydroxylation sites is 4. The van der Waals surface area contributed by atoms with Gasteiger partial charge < -0.3 is 18.7 Å². The van der Waals surface area contributed by atoms with Crippen LogP contribution < -0.4 is 0 Å². The molecule has 10 nitrogen and oxygen atoms in total. The molecule has 0 atom stereocenters. The fourth-order valence-electron chi connectivity index (χ4n) is 12.9. The van der Waals surface area contributed by atoms with Crippen molar-refractivity contribution in [3.05, 3.63) is 331 Å². The van der Waals surface area contributed by atoms with E-state index in [1.165, 1.54) is 65.6 Å². The van der Waals surface area contributed by atoms with Crippen molar-refractivity contribution in [1.29, 1.82) is 0 Å². The number of halogens is 1. The lowest BCUT2D eigenvalue weighted by atomic mass is 10.1. The van der Waals surface area contributed by atoms with Crippen molar-refractivity contribution in [2.24, 2.45) is 0 Å². The summed E-state index contributed by atoms with van der Waals surface area (Å²) in [6.07, 6.45) is 4.31. The lowest BCUT2D eigenvalue weighted by Crippen LogP contribution is -2.02. The Labute approximate surface area is 557 Å². The number of nitrogens with zero attached hydrogens (tertiary/aromatic N) is 9. The fraction of sp³-hybridized carbons (Fsp3) is 0.0238. The van der Waals surface area contributed by atoms with Crippen LogP contribution in [0, 0.1) is 13.8 Å². The highest BCUT2D eigenvalue weighted by Gasteiger charge is 2.21. The van der Waals surface area contributed by atoms with Gasteiger partial charge in [0.05, 0.1) is 27.6 Å². The predicted octanol–water partition coefficient (Wildman–Crippen LogP) is 21.4. The Balaban J connectivity index is 0.000000124. The van der Waals surface area contributed by atoms with Gasteiger partial charge in [-0.2, -0.15) is 0 Å². The molecule has 0 bridgehead atoms. The van der Waals surface area contributed by atoms with Crippen molar-refractivity contribution in [1.82, 2.24) is 48.6 Å². The first-order valence-corrected chi connectivity index (χ1v) is 32.4. The van der Waals surface area contributed by atoms with Crippen molar-refractivity contribution in [2.45, 2.75) is 13.8 Å². The highest BCUT2D eigenvalue weighted by atomic mass is 79.9. The molecule has 0 spiro atoms. The summed E-state index contributed by atoms with van der Waals surface area (Å²) in [5.41, 5.74) is 18.5. The van der Waals surface area contributed by atoms with Crippen LogP contribution in [-0.4, -0.2) is 48.6 Å². The molecule has 0 unspecified atom stereocenters. The molecule has 11 heteroatoms. The maximum absolute atomic E-state index is 5.05. The molecule has 0 saturated heterocycles. The van der Waals surface area contributed by atoms with Gasteiger partial charge in [-0.25, -0.2) is 29.9 Å². The highest BCUT2D eigenvalue weighted by Crippen LogP contribution is 2.40. The van der Waals surface area contributed by atoms with E-state index in [1.807, 2.05) is 133 Å². The second-order valence-corrected chi connectivity index (χ2v) is 24.5. The number of hydrogen-bond acceptors (Lipinski definition) is 6. The molecule has 0 aliphatic carbocycles. The highest BCUT2D eigenvalue weighted by molar-refractivity contribution is 9.10. The monoisotopic (exact) mass is 1290 g/mol. The number of aromatic nitrogens is 10. The van der Waals surface area contributed by atoms with Crippen molar-refractivity contribution >= 4 is 81.3 Å². The van der Waals surface area contributed by atoms with Gasteiger partial charge in [0.1, 0.15) is 0 Å². The number of benzene rings is 12. The maximum atomic E-state index is 5.05. The zero-order valence-corrected chi connectivity index (χ0v) is 53.5. The molecule has 0 amide bonds. The van der Waals surface area contributed by atoms with Gasteiger partial charge in [0.15, 0.2) is 34.9 Å². The molecular formula is C84H59BrN10. The van der Waals surface area contributed by atoms with Gasteiger partial charge in [-0.15, -0.1) is 0 Å². The Morgan fingerprint density at radius 2 is 0.695 bits per heavy atom. The van der Waals surface area contributed by atoms with Crippen LogP contribution in [0.2, 0.25) is 0 Å². The first-order valence-electron chi connectivity index (χ1n) is 31.6. The van der Waals surface area contributed by atoms with E-state index >= 15 is 0 Å². The third kappa shape index (κ3) is 11.4.